The van der Waals surface area contributed by atoms with E-state index in [9.17, 15) is 9.18 Å². The third-order valence-corrected chi connectivity index (χ3v) is 6.79. The maximum absolute atomic E-state index is 14.5. The summed E-state index contributed by atoms with van der Waals surface area (Å²) >= 11 is 0. The van der Waals surface area contributed by atoms with E-state index < -0.39 is 5.82 Å². The number of pyridine rings is 1. The molecule has 5 aromatic rings. The van der Waals surface area contributed by atoms with Crippen LogP contribution in [0.15, 0.2) is 67.1 Å². The second-order valence-electron chi connectivity index (χ2n) is 9.02. The molecule has 10 heteroatoms. The van der Waals surface area contributed by atoms with Crippen molar-refractivity contribution in [2.24, 2.45) is 0 Å². The number of halogens is 1. The number of rotatable bonds is 5. The Morgan fingerprint density at radius 3 is 2.84 bits per heavy atom. The summed E-state index contributed by atoms with van der Waals surface area (Å²) in [5.41, 5.74) is 4.34. The standard InChI is InChI=1S/C27H24FN7O2/c1-37-24-6-2-5-21(28)25(24)27(36)34-13-3-4-19(15-34)35-16-23(31-33-35)18-7-8-22-20(14-18)26(32-30-22)17-9-11-29-12-10-17/h2,5-12,14,16,19H,3-4,13,15H2,1H3,(H,30,32)/t19-/m1/s1. The molecule has 1 saturated heterocycles. The van der Waals surface area contributed by atoms with Gasteiger partial charge in [-0.05, 0) is 49.2 Å². The highest BCUT2D eigenvalue weighted by atomic mass is 19.1. The van der Waals surface area contributed by atoms with Gasteiger partial charge in [0.2, 0.25) is 0 Å². The molecular formula is C27H24FN7O2. The Morgan fingerprint density at radius 2 is 2.00 bits per heavy atom. The summed E-state index contributed by atoms with van der Waals surface area (Å²) in [5.74, 6) is -0.736. The van der Waals surface area contributed by atoms with Crippen molar-refractivity contribution in [1.29, 1.82) is 0 Å². The molecule has 2 aromatic carbocycles. The van der Waals surface area contributed by atoms with Gasteiger partial charge in [-0.15, -0.1) is 5.10 Å². The number of amides is 1. The van der Waals surface area contributed by atoms with Crippen LogP contribution in [0.2, 0.25) is 0 Å². The minimum Gasteiger partial charge on any atom is -0.496 e. The normalized spacial score (nSPS) is 15.7. The average Bonchev–Trinajstić information content (AvgIpc) is 3.61. The quantitative estimate of drug-likeness (QED) is 0.383. The number of carbonyl (C=O) groups is 1. The molecule has 9 nitrogen and oxygen atoms in total. The predicted molar refractivity (Wildman–Crippen MR) is 135 cm³/mol. The number of carbonyl (C=O) groups excluding carboxylic acids is 1. The van der Waals surface area contributed by atoms with Gasteiger partial charge in [0.15, 0.2) is 0 Å². The summed E-state index contributed by atoms with van der Waals surface area (Å²) in [7, 11) is 1.43. The van der Waals surface area contributed by atoms with Crippen molar-refractivity contribution in [3.63, 3.8) is 0 Å². The molecule has 1 aliphatic heterocycles. The van der Waals surface area contributed by atoms with E-state index in [0.29, 0.717) is 13.1 Å². The zero-order valence-electron chi connectivity index (χ0n) is 20.1. The lowest BCUT2D eigenvalue weighted by atomic mass is 10.0. The number of nitrogens with zero attached hydrogens (tertiary/aromatic N) is 6. The molecule has 1 aliphatic rings. The van der Waals surface area contributed by atoms with Crippen LogP contribution in [0.3, 0.4) is 0 Å². The lowest BCUT2D eigenvalue weighted by Crippen LogP contribution is -2.41. The number of benzene rings is 2. The third kappa shape index (κ3) is 4.20. The highest BCUT2D eigenvalue weighted by molar-refractivity contribution is 5.97. The number of piperidine rings is 1. The fourth-order valence-corrected chi connectivity index (χ4v) is 4.89. The number of ether oxygens (including phenoxy) is 1. The second kappa shape index (κ2) is 9.45. The molecule has 0 spiro atoms. The van der Waals surface area contributed by atoms with Gasteiger partial charge >= 0.3 is 0 Å². The molecule has 0 saturated carbocycles. The second-order valence-corrected chi connectivity index (χ2v) is 9.02. The summed E-state index contributed by atoms with van der Waals surface area (Å²) in [5, 5.41) is 17.3. The van der Waals surface area contributed by atoms with Gasteiger partial charge < -0.3 is 9.64 Å². The van der Waals surface area contributed by atoms with Gasteiger partial charge in [0.05, 0.1) is 24.9 Å². The average molecular weight is 498 g/mol. The van der Waals surface area contributed by atoms with Gasteiger partial charge in [-0.3, -0.25) is 14.9 Å². The molecule has 37 heavy (non-hydrogen) atoms. The smallest absolute Gasteiger partial charge is 0.260 e. The fourth-order valence-electron chi connectivity index (χ4n) is 4.89. The molecule has 6 rings (SSSR count). The van der Waals surface area contributed by atoms with Crippen molar-refractivity contribution in [1.82, 2.24) is 35.1 Å². The maximum Gasteiger partial charge on any atom is 0.260 e. The zero-order valence-corrected chi connectivity index (χ0v) is 20.1. The lowest BCUT2D eigenvalue weighted by Gasteiger charge is -2.33. The van der Waals surface area contributed by atoms with Crippen LogP contribution >= 0.6 is 0 Å². The van der Waals surface area contributed by atoms with E-state index in [1.165, 1.54) is 19.2 Å². The van der Waals surface area contributed by atoms with Gasteiger partial charge in [-0.2, -0.15) is 5.10 Å². The van der Waals surface area contributed by atoms with E-state index in [4.69, 9.17) is 4.74 Å². The SMILES string of the molecule is COc1cccc(F)c1C(=O)N1CCC[C@@H](n2cc(-c3ccc4[nH]nc(-c5ccncc5)c4c3)nn2)C1. The van der Waals surface area contributed by atoms with Gasteiger partial charge in [0, 0.05) is 42.0 Å². The molecular weight excluding hydrogens is 473 g/mol. The van der Waals surface area contributed by atoms with Gasteiger partial charge in [-0.25, -0.2) is 9.07 Å². The number of nitrogens with one attached hydrogen (secondary N) is 1. The van der Waals surface area contributed by atoms with Crippen molar-refractivity contribution in [2.45, 2.75) is 18.9 Å². The first-order chi connectivity index (χ1) is 18.1. The Morgan fingerprint density at radius 1 is 1.14 bits per heavy atom. The number of methoxy groups -OCH3 is 1. The summed E-state index contributed by atoms with van der Waals surface area (Å²) < 4.78 is 21.6. The Kier molecular flexibility index (Phi) is 5.84. The summed E-state index contributed by atoms with van der Waals surface area (Å²) in [4.78, 5) is 18.9. The van der Waals surface area contributed by atoms with Crippen LogP contribution in [-0.4, -0.2) is 61.2 Å². The molecule has 1 amide bonds. The first kappa shape index (κ1) is 22.8. The van der Waals surface area contributed by atoms with Crippen molar-refractivity contribution < 1.29 is 13.9 Å². The van der Waals surface area contributed by atoms with Gasteiger partial charge in [0.1, 0.15) is 28.5 Å². The molecule has 1 atom stereocenters. The number of aromatic amines is 1. The summed E-state index contributed by atoms with van der Waals surface area (Å²) in [6.07, 6.45) is 7.00. The number of likely N-dealkylation sites (tertiary alicyclic amines) is 1. The number of fused-ring (bicyclic) bond motifs is 1. The molecule has 3 aromatic heterocycles. The van der Waals surface area contributed by atoms with E-state index in [1.54, 1.807) is 28.0 Å². The van der Waals surface area contributed by atoms with E-state index in [1.807, 2.05) is 36.5 Å². The fraction of sp³-hybridized carbons (Fsp3) is 0.222. The minimum absolute atomic E-state index is 0.0386. The van der Waals surface area contributed by atoms with Gasteiger partial charge in [-0.1, -0.05) is 17.3 Å². The third-order valence-electron chi connectivity index (χ3n) is 6.79. The largest absolute Gasteiger partial charge is 0.496 e. The van der Waals surface area contributed by atoms with Crippen LogP contribution in [0, 0.1) is 5.82 Å². The van der Waals surface area contributed by atoms with Crippen LogP contribution in [0.5, 0.6) is 5.75 Å². The molecule has 186 valence electrons. The number of aromatic nitrogens is 6. The van der Waals surface area contributed by atoms with Crippen LogP contribution in [0.4, 0.5) is 4.39 Å². The van der Waals surface area contributed by atoms with Crippen molar-refractivity contribution in [3.05, 3.63) is 78.5 Å². The molecule has 0 unspecified atom stereocenters. The molecule has 0 bridgehead atoms. The van der Waals surface area contributed by atoms with Crippen molar-refractivity contribution in [3.8, 4) is 28.3 Å². The minimum atomic E-state index is -0.588. The molecule has 1 N–H and O–H groups in total. The number of hydrogen-bond acceptors (Lipinski definition) is 6. The summed E-state index contributed by atoms with van der Waals surface area (Å²) in [6.45, 7) is 0.954. The number of hydrogen-bond donors (Lipinski definition) is 1. The van der Waals surface area contributed by atoms with Crippen LogP contribution < -0.4 is 4.74 Å². The lowest BCUT2D eigenvalue weighted by molar-refractivity contribution is 0.0663. The predicted octanol–water partition coefficient (Wildman–Crippen LogP) is 4.51. The summed E-state index contributed by atoms with van der Waals surface area (Å²) in [6, 6.07) is 14.2. The van der Waals surface area contributed by atoms with Crippen LogP contribution in [-0.2, 0) is 0 Å². The highest BCUT2D eigenvalue weighted by Crippen LogP contribution is 2.31. The van der Waals surface area contributed by atoms with Gasteiger partial charge in [0.25, 0.3) is 5.91 Å². The number of H-pyrrole nitrogens is 1. The Labute approximate surface area is 211 Å². The van der Waals surface area contributed by atoms with Crippen LogP contribution in [0.1, 0.15) is 29.2 Å². The van der Waals surface area contributed by atoms with E-state index in [0.717, 1.165) is 46.3 Å². The highest BCUT2D eigenvalue weighted by Gasteiger charge is 2.29. The van der Waals surface area contributed by atoms with Crippen molar-refractivity contribution >= 4 is 16.8 Å². The Bertz CT molecular complexity index is 1580. The zero-order chi connectivity index (χ0) is 25.4. The molecule has 1 fully saturated rings. The topological polar surface area (TPSA) is 102 Å². The monoisotopic (exact) mass is 497 g/mol. The Balaban J connectivity index is 1.25. The molecule has 4 heterocycles. The first-order valence-electron chi connectivity index (χ1n) is 12.0. The van der Waals surface area contributed by atoms with E-state index in [-0.39, 0.29) is 23.3 Å². The molecule has 0 radical (unpaired) electrons. The molecule has 0 aliphatic carbocycles. The first-order valence-corrected chi connectivity index (χ1v) is 12.0. The maximum atomic E-state index is 14.5. The Hall–Kier alpha value is -4.60. The van der Waals surface area contributed by atoms with E-state index >= 15 is 0 Å². The van der Waals surface area contributed by atoms with Crippen molar-refractivity contribution in [2.75, 3.05) is 20.2 Å². The van der Waals surface area contributed by atoms with Crippen LogP contribution in [0.25, 0.3) is 33.4 Å². The van der Waals surface area contributed by atoms with E-state index in [2.05, 4.69) is 25.5 Å².